The maximum absolute atomic E-state index is 12.0. The fourth-order valence-electron chi connectivity index (χ4n) is 2.81. The number of aryl methyl sites for hydroxylation is 1. The van der Waals surface area contributed by atoms with Gasteiger partial charge in [0.1, 0.15) is 22.5 Å². The van der Waals surface area contributed by atoms with Crippen molar-refractivity contribution >= 4 is 34.7 Å². The molecule has 0 saturated heterocycles. The second-order valence-corrected chi connectivity index (χ2v) is 6.85. The van der Waals surface area contributed by atoms with E-state index >= 15 is 0 Å². The van der Waals surface area contributed by atoms with Crippen LogP contribution in [0.5, 0.6) is 5.75 Å². The molecule has 12 heteroatoms. The number of carboxylic acids is 1. The number of aromatic nitrogens is 3. The summed E-state index contributed by atoms with van der Waals surface area (Å²) in [6.45, 7) is 1.61. The van der Waals surface area contributed by atoms with Crippen LogP contribution in [-0.4, -0.2) is 48.9 Å². The molecule has 0 aliphatic carbocycles. The first-order chi connectivity index (χ1) is 15.2. The van der Waals surface area contributed by atoms with E-state index in [0.29, 0.717) is 22.3 Å². The van der Waals surface area contributed by atoms with Crippen molar-refractivity contribution in [3.05, 3.63) is 47.5 Å². The molecule has 0 fully saturated rings. The number of carbonyl (C=O) groups excluding carboxylic acids is 3. The van der Waals surface area contributed by atoms with Gasteiger partial charge >= 0.3 is 17.8 Å². The summed E-state index contributed by atoms with van der Waals surface area (Å²) in [6.07, 6.45) is -0.767. The van der Waals surface area contributed by atoms with Crippen LogP contribution >= 0.6 is 0 Å². The van der Waals surface area contributed by atoms with Crippen molar-refractivity contribution in [1.82, 2.24) is 31.2 Å². The Balaban J connectivity index is 1.65. The predicted molar refractivity (Wildman–Crippen MR) is 110 cm³/mol. The molecule has 2 aromatic carbocycles. The number of hydrogen-bond donors (Lipinski definition) is 5. The summed E-state index contributed by atoms with van der Waals surface area (Å²) in [7, 11) is 0. The number of aromatic hydroxyl groups is 1. The number of carbonyl (C=O) groups is 4. The lowest BCUT2D eigenvalue weighted by molar-refractivity contribution is -0.141. The van der Waals surface area contributed by atoms with Gasteiger partial charge in [-0.25, -0.2) is 0 Å². The zero-order valence-electron chi connectivity index (χ0n) is 17.0. The average molecular weight is 440 g/mol. The molecular formula is C20H20N6O6. The molecule has 1 aromatic heterocycles. The molecule has 12 nitrogen and oxygen atoms in total. The number of hydrogen-bond acceptors (Lipinski definition) is 7. The van der Waals surface area contributed by atoms with Gasteiger partial charge in [0.15, 0.2) is 0 Å². The minimum atomic E-state index is -1.17. The highest BCUT2D eigenvalue weighted by Crippen LogP contribution is 2.28. The molecular weight excluding hydrogens is 420 g/mol. The summed E-state index contributed by atoms with van der Waals surface area (Å²) in [6, 6.07) is 10.5. The largest absolute Gasteiger partial charge is 0.505 e. The molecule has 0 aliphatic rings. The number of nitrogens with zero attached hydrogens (tertiary/aromatic N) is 3. The van der Waals surface area contributed by atoms with Crippen LogP contribution in [0.1, 0.15) is 24.0 Å². The van der Waals surface area contributed by atoms with Gasteiger partial charge in [0.2, 0.25) is 5.91 Å². The molecule has 0 bridgehead atoms. The van der Waals surface area contributed by atoms with Crippen LogP contribution in [0.3, 0.4) is 0 Å². The zero-order chi connectivity index (χ0) is 23.3. The predicted octanol–water partition coefficient (Wildman–Crippen LogP) is 0.0629. The molecule has 0 radical (unpaired) electrons. The van der Waals surface area contributed by atoms with E-state index in [1.54, 1.807) is 31.2 Å². The highest BCUT2D eigenvalue weighted by molar-refractivity contribution is 6.35. The quantitative estimate of drug-likeness (QED) is 0.264. The summed E-state index contributed by atoms with van der Waals surface area (Å²) in [4.78, 5) is 46.9. The van der Waals surface area contributed by atoms with Crippen molar-refractivity contribution in [2.75, 3.05) is 0 Å². The number of phenols is 1. The number of aliphatic carboxylic acids is 1. The van der Waals surface area contributed by atoms with Crippen LogP contribution in [0.2, 0.25) is 0 Å². The van der Waals surface area contributed by atoms with Crippen LogP contribution in [0.25, 0.3) is 16.7 Å². The molecule has 3 rings (SSSR count). The maximum atomic E-state index is 12.0. The van der Waals surface area contributed by atoms with Gasteiger partial charge in [-0.2, -0.15) is 0 Å². The Morgan fingerprint density at radius 1 is 0.969 bits per heavy atom. The Hall–Kier alpha value is -4.48. The number of fused-ring (bicyclic) bond motifs is 1. The molecule has 0 saturated carbocycles. The molecule has 1 heterocycles. The molecule has 0 aliphatic heterocycles. The topological polar surface area (TPSA) is 176 Å². The van der Waals surface area contributed by atoms with Crippen molar-refractivity contribution < 1.29 is 29.4 Å². The van der Waals surface area contributed by atoms with Gasteiger partial charge in [0.25, 0.3) is 0 Å². The summed E-state index contributed by atoms with van der Waals surface area (Å²) in [5.41, 5.74) is 6.52. The molecule has 5 N–H and O–H groups in total. The van der Waals surface area contributed by atoms with E-state index in [9.17, 15) is 24.3 Å². The van der Waals surface area contributed by atoms with Crippen molar-refractivity contribution in [3.8, 4) is 11.4 Å². The maximum Gasteiger partial charge on any atom is 0.327 e. The fourth-order valence-corrected chi connectivity index (χ4v) is 2.81. The lowest BCUT2D eigenvalue weighted by Gasteiger charge is -2.12. The van der Waals surface area contributed by atoms with Crippen molar-refractivity contribution in [1.29, 1.82) is 0 Å². The van der Waals surface area contributed by atoms with Crippen LogP contribution in [0.4, 0.5) is 0 Å². The van der Waals surface area contributed by atoms with Crippen molar-refractivity contribution in [3.63, 3.8) is 0 Å². The number of rotatable bonds is 6. The second-order valence-electron chi connectivity index (χ2n) is 6.85. The van der Waals surface area contributed by atoms with Crippen LogP contribution in [-0.2, 0) is 25.7 Å². The minimum Gasteiger partial charge on any atom is -0.505 e. The standard InChI is InChI=1S/C20H20N6O6/c1-11-8-12(10-21-19(31)20(32)23-22-16(27)6-7-17(28)29)18(30)15(9-11)26-24-13-4-2-3-5-14(13)25-26/h2-5,8-9,30H,6-7,10H2,1H3,(H,21,31)(H,22,27)(H,23,32)(H,28,29). The number of phenolic OH excluding ortho intramolecular Hbond substituents is 1. The number of hydrazine groups is 1. The van der Waals surface area contributed by atoms with Gasteiger partial charge in [0.05, 0.1) is 6.42 Å². The van der Waals surface area contributed by atoms with Gasteiger partial charge in [-0.1, -0.05) is 18.2 Å². The highest BCUT2D eigenvalue weighted by Gasteiger charge is 2.18. The van der Waals surface area contributed by atoms with E-state index in [1.807, 2.05) is 23.0 Å². The van der Waals surface area contributed by atoms with E-state index in [0.717, 1.165) is 5.56 Å². The van der Waals surface area contributed by atoms with Crippen LogP contribution < -0.4 is 16.2 Å². The van der Waals surface area contributed by atoms with Crippen molar-refractivity contribution in [2.24, 2.45) is 0 Å². The fraction of sp³-hybridized carbons (Fsp3) is 0.200. The number of amides is 3. The van der Waals surface area contributed by atoms with Gasteiger partial charge < -0.3 is 15.5 Å². The first kappa shape index (κ1) is 22.2. The molecule has 0 spiro atoms. The summed E-state index contributed by atoms with van der Waals surface area (Å²) in [5.74, 6) is -4.30. The van der Waals surface area contributed by atoms with Crippen LogP contribution in [0.15, 0.2) is 36.4 Å². The summed E-state index contributed by atoms with van der Waals surface area (Å²) in [5, 5.41) is 30.2. The van der Waals surface area contributed by atoms with Gasteiger partial charge in [-0.15, -0.1) is 15.0 Å². The SMILES string of the molecule is Cc1cc(CNC(=O)C(=O)NNC(=O)CCC(=O)O)c(O)c(-n2nc3ccccc3n2)c1. The average Bonchev–Trinajstić information content (AvgIpc) is 3.20. The van der Waals surface area contributed by atoms with Gasteiger partial charge in [-0.3, -0.25) is 30.0 Å². The van der Waals surface area contributed by atoms with E-state index in [4.69, 9.17) is 5.11 Å². The molecule has 0 unspecified atom stereocenters. The van der Waals surface area contributed by atoms with Gasteiger partial charge in [-0.05, 0) is 30.7 Å². The number of carboxylic acid groups (broad SMARTS) is 1. The van der Waals surface area contributed by atoms with Gasteiger partial charge in [0, 0.05) is 18.5 Å². The van der Waals surface area contributed by atoms with E-state index in [-0.39, 0.29) is 18.7 Å². The Morgan fingerprint density at radius 3 is 2.25 bits per heavy atom. The number of nitrogens with one attached hydrogen (secondary N) is 3. The van der Waals surface area contributed by atoms with E-state index in [2.05, 4.69) is 15.5 Å². The molecule has 3 amide bonds. The smallest absolute Gasteiger partial charge is 0.327 e. The normalized spacial score (nSPS) is 10.5. The third-order valence-corrected chi connectivity index (χ3v) is 4.34. The molecule has 0 atom stereocenters. The first-order valence-electron chi connectivity index (χ1n) is 9.48. The third-order valence-electron chi connectivity index (χ3n) is 4.34. The monoisotopic (exact) mass is 440 g/mol. The molecule has 3 aromatic rings. The second kappa shape index (κ2) is 9.55. The summed E-state index contributed by atoms with van der Waals surface area (Å²) < 4.78 is 0. The molecule has 166 valence electrons. The van der Waals surface area contributed by atoms with E-state index < -0.39 is 30.1 Å². The Kier molecular flexibility index (Phi) is 6.63. The molecule has 32 heavy (non-hydrogen) atoms. The summed E-state index contributed by atoms with van der Waals surface area (Å²) >= 11 is 0. The minimum absolute atomic E-state index is 0.168. The van der Waals surface area contributed by atoms with Crippen LogP contribution in [0, 0.1) is 6.92 Å². The Morgan fingerprint density at radius 2 is 1.62 bits per heavy atom. The van der Waals surface area contributed by atoms with Crippen molar-refractivity contribution in [2.45, 2.75) is 26.3 Å². The number of benzene rings is 2. The third kappa shape index (κ3) is 5.36. The zero-order valence-corrected chi connectivity index (χ0v) is 17.0. The Labute approximate surface area is 181 Å². The lowest BCUT2D eigenvalue weighted by Crippen LogP contribution is -2.48. The lowest BCUT2D eigenvalue weighted by atomic mass is 10.1. The first-order valence-corrected chi connectivity index (χ1v) is 9.48. The highest BCUT2D eigenvalue weighted by atomic mass is 16.4. The van der Waals surface area contributed by atoms with E-state index in [1.165, 1.54) is 4.80 Å². The Bertz CT molecular complexity index is 1170.